The Hall–Kier alpha value is -0.130. The van der Waals surface area contributed by atoms with Crippen LogP contribution in [0.3, 0.4) is 0 Å². The first kappa shape index (κ1) is 7.87. The smallest absolute Gasteiger partial charge is 0.210 e. The van der Waals surface area contributed by atoms with Gasteiger partial charge in [-0.1, -0.05) is 0 Å². The monoisotopic (exact) mass is 138 g/mol. The van der Waals surface area contributed by atoms with Gasteiger partial charge in [0.25, 0.3) is 0 Å². The Balaban J connectivity index is 3.75. The third kappa shape index (κ3) is 5.87. The van der Waals surface area contributed by atoms with Crippen LogP contribution in [0.4, 0.5) is 0 Å². The number of hydrogen-bond donors (Lipinski definition) is 2. The van der Waals surface area contributed by atoms with Gasteiger partial charge < -0.3 is 5.73 Å². The van der Waals surface area contributed by atoms with Crippen molar-refractivity contribution in [3.05, 3.63) is 0 Å². The van der Waals surface area contributed by atoms with E-state index in [0.29, 0.717) is 0 Å². The first-order valence-corrected chi connectivity index (χ1v) is 3.89. The summed E-state index contributed by atoms with van der Waals surface area (Å²) in [4.78, 5) is 0. The molecular weight excluding hydrogens is 128 g/mol. The summed E-state index contributed by atoms with van der Waals surface area (Å²) in [7, 11) is -3.35. The molecule has 0 aromatic rings. The highest BCUT2D eigenvalue weighted by Crippen LogP contribution is 1.80. The molecule has 0 aliphatic carbocycles. The largest absolute Gasteiger partial charge is 0.327 e. The summed E-state index contributed by atoms with van der Waals surface area (Å²) < 4.78 is 20.3. The summed E-state index contributed by atoms with van der Waals surface area (Å²) in [5, 5.41) is 4.63. The molecule has 4 N–H and O–H groups in total. The van der Waals surface area contributed by atoms with Gasteiger partial charge in [-0.05, 0) is 6.92 Å². The van der Waals surface area contributed by atoms with Crippen molar-refractivity contribution in [2.24, 2.45) is 10.9 Å². The highest BCUT2D eigenvalue weighted by Gasteiger charge is 2.04. The van der Waals surface area contributed by atoms with Gasteiger partial charge in [-0.15, -0.1) is 0 Å². The molecule has 8 heavy (non-hydrogen) atoms. The third-order valence-corrected chi connectivity index (χ3v) is 1.49. The predicted octanol–water partition coefficient (Wildman–Crippen LogP) is -1.38. The Kier molecular flexibility index (Phi) is 2.39. The fourth-order valence-corrected chi connectivity index (χ4v) is 1.10. The first-order valence-electron chi connectivity index (χ1n) is 2.18. The van der Waals surface area contributed by atoms with Gasteiger partial charge in [0, 0.05) is 6.04 Å². The van der Waals surface area contributed by atoms with Gasteiger partial charge in [-0.3, -0.25) is 0 Å². The lowest BCUT2D eigenvalue weighted by atomic mass is 10.4. The molecule has 5 heteroatoms. The molecule has 0 amide bonds. The van der Waals surface area contributed by atoms with E-state index in [1.54, 1.807) is 6.92 Å². The molecule has 0 unspecified atom stereocenters. The maximum Gasteiger partial charge on any atom is 0.210 e. The van der Waals surface area contributed by atoms with E-state index in [2.05, 4.69) is 5.14 Å². The fraction of sp³-hybridized carbons (Fsp3) is 1.00. The van der Waals surface area contributed by atoms with Crippen molar-refractivity contribution >= 4 is 10.0 Å². The highest BCUT2D eigenvalue weighted by atomic mass is 32.2. The predicted molar refractivity (Wildman–Crippen MR) is 31.6 cm³/mol. The summed E-state index contributed by atoms with van der Waals surface area (Å²) >= 11 is 0. The highest BCUT2D eigenvalue weighted by molar-refractivity contribution is 7.89. The van der Waals surface area contributed by atoms with Crippen molar-refractivity contribution in [3.8, 4) is 0 Å². The van der Waals surface area contributed by atoms with Crippen molar-refractivity contribution in [2.45, 2.75) is 13.0 Å². The van der Waals surface area contributed by atoms with Gasteiger partial charge in [0.15, 0.2) is 0 Å². The van der Waals surface area contributed by atoms with Crippen molar-refractivity contribution in [3.63, 3.8) is 0 Å². The van der Waals surface area contributed by atoms with E-state index in [4.69, 9.17) is 5.73 Å². The van der Waals surface area contributed by atoms with Crippen LogP contribution < -0.4 is 10.9 Å². The quantitative estimate of drug-likeness (QED) is 0.493. The number of nitrogens with two attached hydrogens (primary N) is 2. The summed E-state index contributed by atoms with van der Waals surface area (Å²) in [6.07, 6.45) is 0. The Morgan fingerprint density at radius 3 is 2.00 bits per heavy atom. The molecule has 0 heterocycles. The van der Waals surface area contributed by atoms with E-state index >= 15 is 0 Å². The lowest BCUT2D eigenvalue weighted by Gasteiger charge is -1.99. The number of sulfonamides is 1. The molecule has 0 aliphatic rings. The van der Waals surface area contributed by atoms with Crippen LogP contribution in [-0.4, -0.2) is 20.2 Å². The van der Waals surface area contributed by atoms with Crippen LogP contribution in [0.5, 0.6) is 0 Å². The second-order valence-electron chi connectivity index (χ2n) is 1.81. The van der Waals surface area contributed by atoms with Crippen LogP contribution in [0, 0.1) is 0 Å². The van der Waals surface area contributed by atoms with Crippen LogP contribution in [0.2, 0.25) is 0 Å². The Bertz CT molecular complexity index is 149. The topological polar surface area (TPSA) is 86.2 Å². The number of hydrogen-bond acceptors (Lipinski definition) is 3. The maximum atomic E-state index is 10.1. The van der Waals surface area contributed by atoms with Crippen LogP contribution in [0.25, 0.3) is 0 Å². The molecular formula is C3H10N2O2S. The zero-order valence-electron chi connectivity index (χ0n) is 4.66. The molecule has 0 aromatic carbocycles. The average Bonchev–Trinajstić information content (AvgIpc) is 1.21. The molecule has 0 fully saturated rings. The third-order valence-electron chi connectivity index (χ3n) is 0.495. The van der Waals surface area contributed by atoms with Crippen LogP contribution in [0.15, 0.2) is 0 Å². The minimum atomic E-state index is -3.35. The molecule has 0 rings (SSSR count). The molecule has 0 saturated heterocycles. The van der Waals surface area contributed by atoms with Crippen LogP contribution >= 0.6 is 0 Å². The van der Waals surface area contributed by atoms with E-state index < -0.39 is 10.0 Å². The Morgan fingerprint density at radius 1 is 1.62 bits per heavy atom. The minimum Gasteiger partial charge on any atom is -0.327 e. The minimum absolute atomic E-state index is 0.146. The van der Waals surface area contributed by atoms with Crippen molar-refractivity contribution < 1.29 is 8.42 Å². The fourth-order valence-electron chi connectivity index (χ4n) is 0.366. The van der Waals surface area contributed by atoms with Gasteiger partial charge in [0.2, 0.25) is 10.0 Å². The standard InChI is InChI=1S/C3H10N2O2S/c1-3(4)2-8(5,6)7/h3H,2,4H2,1H3,(H2,5,6,7)/t3-/m0/s1. The zero-order valence-corrected chi connectivity index (χ0v) is 5.48. The first-order chi connectivity index (χ1) is 3.42. The number of primary sulfonamides is 1. The normalized spacial score (nSPS) is 15.9. The summed E-state index contributed by atoms with van der Waals surface area (Å²) in [5.74, 6) is -0.146. The molecule has 0 bridgehead atoms. The van der Waals surface area contributed by atoms with E-state index in [1.807, 2.05) is 0 Å². The average molecular weight is 138 g/mol. The van der Waals surface area contributed by atoms with E-state index in [1.165, 1.54) is 0 Å². The molecule has 0 aliphatic heterocycles. The van der Waals surface area contributed by atoms with Gasteiger partial charge >= 0.3 is 0 Å². The molecule has 0 radical (unpaired) electrons. The SMILES string of the molecule is C[C@H](N)CS(N)(=O)=O. The molecule has 1 atom stereocenters. The van der Waals surface area contributed by atoms with Gasteiger partial charge in [0.1, 0.15) is 0 Å². The summed E-state index contributed by atoms with van der Waals surface area (Å²) in [6, 6.07) is -0.370. The van der Waals surface area contributed by atoms with E-state index in [-0.39, 0.29) is 11.8 Å². The van der Waals surface area contributed by atoms with Crippen LogP contribution in [0.1, 0.15) is 6.92 Å². The number of rotatable bonds is 2. The van der Waals surface area contributed by atoms with Crippen LogP contribution in [-0.2, 0) is 10.0 Å². The van der Waals surface area contributed by atoms with Crippen molar-refractivity contribution in [1.82, 2.24) is 0 Å². The molecule has 0 saturated carbocycles. The molecule has 0 aromatic heterocycles. The Labute approximate surface area is 48.9 Å². The van der Waals surface area contributed by atoms with Crippen molar-refractivity contribution in [1.29, 1.82) is 0 Å². The van der Waals surface area contributed by atoms with Crippen molar-refractivity contribution in [2.75, 3.05) is 5.75 Å². The Morgan fingerprint density at radius 2 is 2.00 bits per heavy atom. The molecule has 0 spiro atoms. The second-order valence-corrected chi connectivity index (χ2v) is 3.47. The second kappa shape index (κ2) is 2.43. The molecule has 4 nitrogen and oxygen atoms in total. The van der Waals surface area contributed by atoms with Gasteiger partial charge in [-0.25, -0.2) is 13.6 Å². The summed E-state index contributed by atoms with van der Waals surface area (Å²) in [6.45, 7) is 1.59. The lowest BCUT2D eigenvalue weighted by molar-refractivity contribution is 0.592. The van der Waals surface area contributed by atoms with E-state index in [9.17, 15) is 8.42 Å². The molecule has 50 valence electrons. The maximum absolute atomic E-state index is 10.1. The van der Waals surface area contributed by atoms with E-state index in [0.717, 1.165) is 0 Å². The zero-order chi connectivity index (χ0) is 6.78. The lowest BCUT2D eigenvalue weighted by Crippen LogP contribution is -2.30. The summed E-state index contributed by atoms with van der Waals surface area (Å²) in [5.41, 5.74) is 5.12. The van der Waals surface area contributed by atoms with Gasteiger partial charge in [-0.2, -0.15) is 0 Å². The van der Waals surface area contributed by atoms with Gasteiger partial charge in [0.05, 0.1) is 5.75 Å².